The Morgan fingerprint density at radius 3 is 2.91 bits per heavy atom. The Bertz CT molecular complexity index is 1240. The topological polar surface area (TPSA) is 137 Å². The molecule has 0 aromatic carbocycles. The first-order valence-corrected chi connectivity index (χ1v) is 11.5. The Labute approximate surface area is 206 Å². The van der Waals surface area contributed by atoms with Crippen molar-refractivity contribution in [1.29, 1.82) is 0 Å². The van der Waals surface area contributed by atoms with E-state index in [1.54, 1.807) is 11.1 Å². The molecule has 5 heterocycles. The minimum Gasteiger partial charge on any atom is -0.474 e. The highest BCUT2D eigenvalue weighted by Crippen LogP contribution is 2.43. The number of aliphatic hydroxyl groups excluding tert-OH is 2. The number of hydrogen-bond donors (Lipinski definition) is 3. The minimum atomic E-state index is -1.01. The molecular weight excluding hydrogens is 474 g/mol. The maximum atomic E-state index is 13.4. The molecule has 182 valence electrons. The van der Waals surface area contributed by atoms with Gasteiger partial charge >= 0.3 is 6.03 Å². The summed E-state index contributed by atoms with van der Waals surface area (Å²) in [6, 6.07) is 5.20. The summed E-state index contributed by atoms with van der Waals surface area (Å²) >= 11 is 6.62. The Morgan fingerprint density at radius 1 is 1.31 bits per heavy atom. The smallest absolute Gasteiger partial charge is 0.329 e. The fourth-order valence-corrected chi connectivity index (χ4v) is 4.50. The maximum Gasteiger partial charge on any atom is 0.329 e. The van der Waals surface area contributed by atoms with E-state index in [-0.39, 0.29) is 30.4 Å². The molecule has 3 aromatic heterocycles. The van der Waals surface area contributed by atoms with Gasteiger partial charge in [-0.1, -0.05) is 11.6 Å². The van der Waals surface area contributed by atoms with Crippen molar-refractivity contribution in [2.45, 2.75) is 25.5 Å². The van der Waals surface area contributed by atoms with Crippen LogP contribution in [0, 0.1) is 6.92 Å². The molecule has 1 fully saturated rings. The molecule has 0 aliphatic carbocycles. The summed E-state index contributed by atoms with van der Waals surface area (Å²) in [6.45, 7) is 2.86. The number of aryl methyl sites for hydroxylation is 1. The summed E-state index contributed by atoms with van der Waals surface area (Å²) in [5, 5.41) is 21.5. The van der Waals surface area contributed by atoms with Crippen LogP contribution in [-0.4, -0.2) is 74.6 Å². The van der Waals surface area contributed by atoms with Gasteiger partial charge in [-0.25, -0.2) is 19.7 Å². The molecule has 11 nitrogen and oxygen atoms in total. The van der Waals surface area contributed by atoms with Gasteiger partial charge in [-0.05, 0) is 31.5 Å². The van der Waals surface area contributed by atoms with Gasteiger partial charge in [0.1, 0.15) is 12.7 Å². The van der Waals surface area contributed by atoms with Crippen LogP contribution in [0.1, 0.15) is 12.1 Å². The van der Waals surface area contributed by atoms with Crippen molar-refractivity contribution in [2.24, 2.45) is 0 Å². The fourth-order valence-electron chi connectivity index (χ4n) is 4.24. The van der Waals surface area contributed by atoms with Crippen LogP contribution < -0.4 is 19.9 Å². The number of aromatic nitrogens is 4. The zero-order valence-corrected chi connectivity index (χ0v) is 19.7. The van der Waals surface area contributed by atoms with Crippen molar-refractivity contribution in [1.82, 2.24) is 19.9 Å². The second-order valence-electron chi connectivity index (χ2n) is 8.42. The number of fused-ring (bicyclic) bond motifs is 4. The molecule has 2 bridgehead atoms. The van der Waals surface area contributed by atoms with Gasteiger partial charge in [0, 0.05) is 30.5 Å². The Balaban J connectivity index is 1.41. The molecule has 5 rings (SSSR count). The van der Waals surface area contributed by atoms with Crippen LogP contribution in [0.3, 0.4) is 0 Å². The third kappa shape index (κ3) is 4.70. The summed E-state index contributed by atoms with van der Waals surface area (Å²) in [5.41, 5.74) is 3.06. The molecule has 3 N–H and O–H groups in total. The van der Waals surface area contributed by atoms with Crippen LogP contribution in [0.2, 0.25) is 5.02 Å². The van der Waals surface area contributed by atoms with E-state index in [0.717, 1.165) is 29.9 Å². The highest BCUT2D eigenvalue weighted by Gasteiger charge is 2.41. The number of carbonyl (C=O) groups excluding carboxylic acids is 1. The van der Waals surface area contributed by atoms with Crippen LogP contribution in [0.4, 0.5) is 22.1 Å². The number of urea groups is 1. The number of nitrogens with one attached hydrogen (secondary N) is 1. The standard InChI is InChI=1S/C23H24ClN7O4/c1-13-6-14(2-4-25-13)21-17(24)7-18-22(29-21)31(15-3-5-30(18)10-15)23(34)28-19-8-27-20(9-26-19)35-12-16(33)11-32/h2,4,6-9,15-16,32-33H,3,5,10-12H2,1H3,(H,26,28,34)/t15?,16-/m0/s1. The van der Waals surface area contributed by atoms with Gasteiger partial charge in [-0.2, -0.15) is 0 Å². The molecule has 0 spiro atoms. The molecule has 2 aliphatic heterocycles. The lowest BCUT2D eigenvalue weighted by Gasteiger charge is -2.36. The fraction of sp³-hybridized carbons (Fsp3) is 0.348. The second-order valence-corrected chi connectivity index (χ2v) is 8.83. The number of halogens is 1. The molecule has 35 heavy (non-hydrogen) atoms. The van der Waals surface area contributed by atoms with E-state index in [0.29, 0.717) is 23.1 Å². The van der Waals surface area contributed by atoms with Crippen molar-refractivity contribution in [3.63, 3.8) is 0 Å². The predicted octanol–water partition coefficient (Wildman–Crippen LogP) is 2.26. The third-order valence-electron chi connectivity index (χ3n) is 5.92. The van der Waals surface area contributed by atoms with Crippen molar-refractivity contribution >= 4 is 35.0 Å². The average molecular weight is 498 g/mol. The molecule has 0 radical (unpaired) electrons. The first kappa shape index (κ1) is 23.2. The highest BCUT2D eigenvalue weighted by molar-refractivity contribution is 6.33. The number of hydrogen-bond acceptors (Lipinski definition) is 9. The molecular formula is C23H24ClN7O4. The molecule has 0 saturated carbocycles. The zero-order chi connectivity index (χ0) is 24.5. The number of amides is 2. The van der Waals surface area contributed by atoms with Gasteiger partial charge in [0.2, 0.25) is 5.88 Å². The second kappa shape index (κ2) is 9.61. The van der Waals surface area contributed by atoms with E-state index in [1.165, 1.54) is 12.4 Å². The van der Waals surface area contributed by atoms with Crippen LogP contribution >= 0.6 is 11.6 Å². The predicted molar refractivity (Wildman–Crippen MR) is 130 cm³/mol. The molecule has 2 aliphatic rings. The summed E-state index contributed by atoms with van der Waals surface area (Å²) < 4.78 is 5.26. The Kier molecular flexibility index (Phi) is 6.37. The van der Waals surface area contributed by atoms with Crippen molar-refractivity contribution in [2.75, 3.05) is 41.4 Å². The molecule has 2 atom stereocenters. The quantitative estimate of drug-likeness (QED) is 0.468. The largest absolute Gasteiger partial charge is 0.474 e. The molecule has 3 aromatic rings. The normalized spacial score (nSPS) is 17.2. The van der Waals surface area contributed by atoms with Crippen LogP contribution in [0.15, 0.2) is 36.8 Å². The van der Waals surface area contributed by atoms with E-state index < -0.39 is 12.7 Å². The van der Waals surface area contributed by atoms with Gasteiger partial charge in [-0.3, -0.25) is 15.2 Å². The summed E-state index contributed by atoms with van der Waals surface area (Å²) in [5.74, 6) is 0.945. The van der Waals surface area contributed by atoms with Gasteiger partial charge in [-0.15, -0.1) is 0 Å². The zero-order valence-electron chi connectivity index (χ0n) is 18.9. The van der Waals surface area contributed by atoms with Crippen molar-refractivity contribution in [3.05, 3.63) is 47.5 Å². The van der Waals surface area contributed by atoms with Gasteiger partial charge < -0.3 is 19.8 Å². The number of pyridine rings is 2. The van der Waals surface area contributed by atoms with E-state index >= 15 is 0 Å². The summed E-state index contributed by atoms with van der Waals surface area (Å²) in [7, 11) is 0. The first-order valence-electron chi connectivity index (χ1n) is 11.2. The number of carbonyl (C=O) groups is 1. The number of anilines is 3. The third-order valence-corrected chi connectivity index (χ3v) is 6.21. The Morgan fingerprint density at radius 2 is 2.17 bits per heavy atom. The van der Waals surface area contributed by atoms with Crippen molar-refractivity contribution in [3.8, 4) is 17.1 Å². The van der Waals surface area contributed by atoms with Crippen molar-refractivity contribution < 1.29 is 19.7 Å². The summed E-state index contributed by atoms with van der Waals surface area (Å²) in [6.07, 6.45) is 4.20. The van der Waals surface area contributed by atoms with Gasteiger partial charge in [0.15, 0.2) is 11.6 Å². The van der Waals surface area contributed by atoms with E-state index in [2.05, 4.69) is 25.2 Å². The van der Waals surface area contributed by atoms with E-state index in [9.17, 15) is 9.90 Å². The first-order chi connectivity index (χ1) is 16.9. The van der Waals surface area contributed by atoms with Gasteiger partial charge in [0.05, 0.1) is 41.4 Å². The number of nitrogens with zero attached hydrogens (tertiary/aromatic N) is 6. The molecule has 1 saturated heterocycles. The lowest BCUT2D eigenvalue weighted by molar-refractivity contribution is 0.0520. The molecule has 2 amide bonds. The average Bonchev–Trinajstić information content (AvgIpc) is 3.28. The lowest BCUT2D eigenvalue weighted by atomic mass is 10.1. The van der Waals surface area contributed by atoms with Crippen LogP contribution in [-0.2, 0) is 0 Å². The van der Waals surface area contributed by atoms with Crippen LogP contribution in [0.5, 0.6) is 5.88 Å². The lowest BCUT2D eigenvalue weighted by Crippen LogP contribution is -2.48. The molecule has 1 unspecified atom stereocenters. The number of rotatable bonds is 6. The monoisotopic (exact) mass is 497 g/mol. The minimum absolute atomic E-state index is 0.0428. The molecule has 12 heteroatoms. The van der Waals surface area contributed by atoms with E-state index in [4.69, 9.17) is 26.4 Å². The Hall–Kier alpha value is -3.54. The number of aliphatic hydroxyl groups is 2. The maximum absolute atomic E-state index is 13.4. The van der Waals surface area contributed by atoms with E-state index in [1.807, 2.05) is 25.1 Å². The summed E-state index contributed by atoms with van der Waals surface area (Å²) in [4.78, 5) is 34.6. The van der Waals surface area contributed by atoms with Gasteiger partial charge in [0.25, 0.3) is 0 Å². The SMILES string of the molecule is Cc1cc(-c2nc3c(cc2Cl)N2CCC(C2)N3C(=O)Nc2cnc(OC[C@@H](O)CO)cn2)ccn1. The van der Waals surface area contributed by atoms with Crippen LogP contribution in [0.25, 0.3) is 11.3 Å². The highest BCUT2D eigenvalue weighted by atomic mass is 35.5. The number of ether oxygens (including phenoxy) is 1.